The molecule has 1 aliphatic heterocycles. The average molecular weight is 448 g/mol. The summed E-state index contributed by atoms with van der Waals surface area (Å²) in [5, 5.41) is 12.8. The number of hydrogen-bond donors (Lipinski definition) is 1. The Labute approximate surface area is 193 Å². The lowest BCUT2D eigenvalue weighted by Gasteiger charge is -2.45. The highest BCUT2D eigenvalue weighted by atomic mass is 16.5. The first-order valence-corrected chi connectivity index (χ1v) is 11.6. The summed E-state index contributed by atoms with van der Waals surface area (Å²) in [5.74, 6) is -0.867. The first-order chi connectivity index (χ1) is 16.1. The molecule has 33 heavy (non-hydrogen) atoms. The molecule has 1 amide bonds. The van der Waals surface area contributed by atoms with Crippen molar-refractivity contribution in [1.82, 2.24) is 9.58 Å². The van der Waals surface area contributed by atoms with E-state index >= 15 is 0 Å². The van der Waals surface area contributed by atoms with Gasteiger partial charge in [-0.25, -0.2) is 0 Å². The van der Waals surface area contributed by atoms with E-state index in [4.69, 9.17) is 4.74 Å². The van der Waals surface area contributed by atoms with E-state index in [-0.39, 0.29) is 17.6 Å². The summed E-state index contributed by atoms with van der Waals surface area (Å²) in [4.78, 5) is 27.2. The second-order valence-corrected chi connectivity index (χ2v) is 8.66. The van der Waals surface area contributed by atoms with Crippen molar-refractivity contribution in [2.75, 3.05) is 31.4 Å². The Kier molecular flexibility index (Phi) is 5.81. The minimum absolute atomic E-state index is 0.0143. The Hall–Kier alpha value is -3.32. The second kappa shape index (κ2) is 8.90. The third-order valence-electron chi connectivity index (χ3n) is 6.80. The highest BCUT2D eigenvalue weighted by Gasteiger charge is 2.38. The fourth-order valence-corrected chi connectivity index (χ4v) is 5.20. The average Bonchev–Trinajstić information content (AvgIpc) is 3.00. The normalized spacial score (nSPS) is 19.8. The fraction of sp³-hybridized carbons (Fsp3) is 0.385. The van der Waals surface area contributed by atoms with Crippen LogP contribution in [0.4, 0.5) is 0 Å². The third-order valence-corrected chi connectivity index (χ3v) is 6.80. The van der Waals surface area contributed by atoms with Gasteiger partial charge in [0.15, 0.2) is 11.4 Å². The van der Waals surface area contributed by atoms with Gasteiger partial charge in [-0.2, -0.15) is 0 Å². The topological polar surface area (TPSA) is 75.0 Å². The zero-order valence-corrected chi connectivity index (χ0v) is 18.9. The van der Waals surface area contributed by atoms with Crippen molar-refractivity contribution in [3.05, 3.63) is 86.9 Å². The Morgan fingerprint density at radius 2 is 1.97 bits per heavy atom. The predicted octanol–water partition coefficient (Wildman–Crippen LogP) is 3.28. The van der Waals surface area contributed by atoms with Crippen LogP contribution in [0, 0.1) is 0 Å². The van der Waals surface area contributed by atoms with E-state index in [1.54, 1.807) is 15.8 Å². The van der Waals surface area contributed by atoms with Crippen LogP contribution in [0.5, 0.6) is 5.75 Å². The molecule has 2 aromatic rings. The molecule has 1 unspecified atom stereocenters. The quantitative estimate of drug-likeness (QED) is 0.712. The molecule has 1 aromatic carbocycles. The maximum Gasteiger partial charge on any atom is 0.277 e. The van der Waals surface area contributed by atoms with Crippen LogP contribution in [-0.2, 0) is 11.2 Å². The van der Waals surface area contributed by atoms with Gasteiger partial charge >= 0.3 is 0 Å². The van der Waals surface area contributed by atoms with E-state index in [0.717, 1.165) is 25.7 Å². The number of aromatic hydroxyl groups is 1. The fourth-order valence-electron chi connectivity index (χ4n) is 5.20. The van der Waals surface area contributed by atoms with Crippen LogP contribution >= 0.6 is 0 Å². The minimum Gasteiger partial charge on any atom is -0.502 e. The van der Waals surface area contributed by atoms with Crippen LogP contribution in [0.15, 0.2) is 64.6 Å². The SMILES string of the molecule is CCOCCN1CN(C2C3=C(C=CCC3)CCc3ccccc32)n2ccc(=O)c(O)c2C1=O. The number of carbonyl (C=O) groups is 1. The monoisotopic (exact) mass is 447 g/mol. The highest BCUT2D eigenvalue weighted by Crippen LogP contribution is 2.42. The number of allylic oxidation sites excluding steroid dienone is 3. The van der Waals surface area contributed by atoms with Gasteiger partial charge in [0, 0.05) is 25.4 Å². The van der Waals surface area contributed by atoms with Gasteiger partial charge in [-0.3, -0.25) is 19.3 Å². The third kappa shape index (κ3) is 3.76. The highest BCUT2D eigenvalue weighted by molar-refractivity contribution is 5.96. The summed E-state index contributed by atoms with van der Waals surface area (Å²) in [5.41, 5.74) is 4.64. The molecule has 0 bridgehead atoms. The molecule has 1 atom stereocenters. The van der Waals surface area contributed by atoms with E-state index in [9.17, 15) is 14.7 Å². The molecule has 0 fully saturated rings. The molecule has 1 N–H and O–H groups in total. The van der Waals surface area contributed by atoms with Crippen LogP contribution in [0.2, 0.25) is 0 Å². The number of fused-ring (bicyclic) bond motifs is 2. The van der Waals surface area contributed by atoms with E-state index in [1.165, 1.54) is 28.3 Å². The molecule has 0 radical (unpaired) electrons. The lowest BCUT2D eigenvalue weighted by atomic mass is 9.88. The number of hydrogen-bond acceptors (Lipinski definition) is 5. The zero-order chi connectivity index (χ0) is 22.9. The smallest absolute Gasteiger partial charge is 0.277 e. The molecule has 0 spiro atoms. The van der Waals surface area contributed by atoms with Crippen molar-refractivity contribution in [3.63, 3.8) is 0 Å². The number of aromatic nitrogens is 1. The first kappa shape index (κ1) is 21.5. The molecular formula is C26H29N3O4. The summed E-state index contributed by atoms with van der Waals surface area (Å²) in [7, 11) is 0. The predicted molar refractivity (Wildman–Crippen MR) is 126 cm³/mol. The molecule has 2 aliphatic carbocycles. The van der Waals surface area contributed by atoms with Gasteiger partial charge in [0.2, 0.25) is 5.43 Å². The standard InChI is InChI=1S/C26H29N3O4/c1-2-33-16-15-27-17-29(28-14-13-22(30)25(31)24(28)26(27)32)23-20-9-5-3-7-18(20)11-12-19-8-4-6-10-21(19)23/h3-5,7-9,13-14,23,31H,2,6,10-12,15-17H2,1H3. The number of amides is 1. The van der Waals surface area contributed by atoms with Crippen molar-refractivity contribution in [2.45, 2.75) is 38.6 Å². The van der Waals surface area contributed by atoms with E-state index in [2.05, 4.69) is 41.4 Å². The van der Waals surface area contributed by atoms with Gasteiger partial charge < -0.3 is 14.7 Å². The number of pyridine rings is 1. The largest absolute Gasteiger partial charge is 0.502 e. The van der Waals surface area contributed by atoms with Crippen LogP contribution in [0.25, 0.3) is 0 Å². The molecule has 3 aliphatic rings. The number of carbonyl (C=O) groups excluding carboxylic acids is 1. The number of rotatable bonds is 5. The second-order valence-electron chi connectivity index (χ2n) is 8.66. The molecule has 5 rings (SSSR count). The summed E-state index contributed by atoms with van der Waals surface area (Å²) in [6.07, 6.45) is 9.93. The first-order valence-electron chi connectivity index (χ1n) is 11.6. The van der Waals surface area contributed by atoms with Crippen LogP contribution in [-0.4, -0.2) is 47.0 Å². The Bertz CT molecular complexity index is 1200. The Morgan fingerprint density at radius 3 is 2.82 bits per heavy atom. The molecular weight excluding hydrogens is 418 g/mol. The lowest BCUT2D eigenvalue weighted by molar-refractivity contribution is 0.0576. The van der Waals surface area contributed by atoms with Crippen molar-refractivity contribution in [2.24, 2.45) is 0 Å². The Morgan fingerprint density at radius 1 is 1.12 bits per heavy atom. The maximum atomic E-state index is 13.3. The van der Waals surface area contributed by atoms with E-state index in [0.29, 0.717) is 26.4 Å². The maximum absolute atomic E-state index is 13.3. The van der Waals surface area contributed by atoms with Crippen molar-refractivity contribution in [1.29, 1.82) is 0 Å². The Balaban J connectivity index is 1.68. The molecule has 7 heteroatoms. The lowest BCUT2D eigenvalue weighted by Crippen LogP contribution is -2.56. The van der Waals surface area contributed by atoms with Gasteiger partial charge in [-0.1, -0.05) is 36.4 Å². The van der Waals surface area contributed by atoms with E-state index in [1.807, 2.05) is 6.92 Å². The van der Waals surface area contributed by atoms with Crippen molar-refractivity contribution in [3.8, 4) is 5.75 Å². The van der Waals surface area contributed by atoms with Crippen LogP contribution < -0.4 is 10.4 Å². The summed E-state index contributed by atoms with van der Waals surface area (Å²) >= 11 is 0. The van der Waals surface area contributed by atoms with Gasteiger partial charge in [-0.15, -0.1) is 0 Å². The molecule has 0 saturated heterocycles. The molecule has 0 saturated carbocycles. The number of ether oxygens (including phenoxy) is 1. The van der Waals surface area contributed by atoms with Gasteiger partial charge in [0.25, 0.3) is 5.91 Å². The van der Waals surface area contributed by atoms with Crippen molar-refractivity contribution < 1.29 is 14.6 Å². The molecule has 1 aromatic heterocycles. The number of benzene rings is 1. The van der Waals surface area contributed by atoms with Crippen LogP contribution in [0.1, 0.15) is 53.8 Å². The van der Waals surface area contributed by atoms with Crippen LogP contribution in [0.3, 0.4) is 0 Å². The molecule has 7 nitrogen and oxygen atoms in total. The number of aryl methyl sites for hydroxylation is 1. The van der Waals surface area contributed by atoms with E-state index < -0.39 is 11.2 Å². The summed E-state index contributed by atoms with van der Waals surface area (Å²) in [6.45, 7) is 3.59. The summed E-state index contributed by atoms with van der Waals surface area (Å²) in [6, 6.07) is 9.69. The van der Waals surface area contributed by atoms with Gasteiger partial charge in [-0.05, 0) is 54.9 Å². The molecule has 2 heterocycles. The van der Waals surface area contributed by atoms with Gasteiger partial charge in [0.1, 0.15) is 6.67 Å². The molecule has 172 valence electrons. The van der Waals surface area contributed by atoms with Gasteiger partial charge in [0.05, 0.1) is 12.6 Å². The number of nitrogens with zero attached hydrogens (tertiary/aromatic N) is 3. The minimum atomic E-state index is -0.553. The van der Waals surface area contributed by atoms with Crippen molar-refractivity contribution >= 4 is 5.91 Å². The summed E-state index contributed by atoms with van der Waals surface area (Å²) < 4.78 is 7.19. The zero-order valence-electron chi connectivity index (χ0n) is 18.9.